The fourth-order valence-corrected chi connectivity index (χ4v) is 0. The van der Waals surface area contributed by atoms with E-state index in [9.17, 15) is 0 Å². The van der Waals surface area contributed by atoms with Crippen LogP contribution in [0.1, 0.15) is 0 Å². The molecule has 0 amide bonds. The van der Waals surface area contributed by atoms with Crippen LogP contribution >= 0.6 is 0 Å². The fraction of sp³-hybridized carbons (Fsp3) is 0. The molecule has 4 nitrogen and oxygen atoms in total. The van der Waals surface area contributed by atoms with E-state index in [2.05, 4.69) is 0 Å². The SMILES string of the molecule is [Ag+].[C-]#[N+][O-].[N-]=N. The van der Waals surface area contributed by atoms with Gasteiger partial charge in [-0.05, 0) is 0 Å². The van der Waals surface area contributed by atoms with E-state index in [-0.39, 0.29) is 22.4 Å². The third-order valence-corrected chi connectivity index (χ3v) is 0. The molecule has 0 aliphatic rings. The zero-order valence-electron chi connectivity index (χ0n) is 2.60. The van der Waals surface area contributed by atoms with Crippen molar-refractivity contribution in [2.45, 2.75) is 0 Å². The zero-order chi connectivity index (χ0) is 4.71. The van der Waals surface area contributed by atoms with Crippen LogP contribution in [0.5, 0.6) is 0 Å². The molecule has 0 atom stereocenters. The van der Waals surface area contributed by atoms with E-state index in [0.717, 1.165) is 0 Å². The number of nitrogens with one attached hydrogen (secondary N) is 1. The van der Waals surface area contributed by atoms with Gasteiger partial charge in [0.2, 0.25) is 0 Å². The normalized spacial score (nSPS) is 1.83. The van der Waals surface area contributed by atoms with E-state index in [0.29, 0.717) is 0 Å². The molecule has 0 spiro atoms. The smallest absolute Gasteiger partial charge is 0.715 e. The maximum Gasteiger partial charge on any atom is 1.00 e. The predicted octanol–water partition coefficient (Wildman–Crippen LogP) is 0.988. The van der Waals surface area contributed by atoms with Gasteiger partial charge in [-0.15, -0.1) is 0 Å². The van der Waals surface area contributed by atoms with Crippen molar-refractivity contribution in [3.8, 4) is 0 Å². The van der Waals surface area contributed by atoms with Gasteiger partial charge in [-0.25, -0.2) is 6.57 Å². The molecule has 0 aliphatic carbocycles. The van der Waals surface area contributed by atoms with E-state index in [1.807, 2.05) is 0 Å². The molecule has 6 heavy (non-hydrogen) atoms. The molecule has 0 aromatic rings. The van der Waals surface area contributed by atoms with Gasteiger partial charge >= 0.3 is 22.4 Å². The summed E-state index contributed by atoms with van der Waals surface area (Å²) in [5.41, 5.74) is 11.0. The Morgan fingerprint density at radius 1 is 1.67 bits per heavy atom. The summed E-state index contributed by atoms with van der Waals surface area (Å²) in [5.74, 6) is 0. The van der Waals surface area contributed by atoms with Crippen LogP contribution in [-0.2, 0) is 22.4 Å². The number of hydrogen-bond donors (Lipinski definition) is 1. The summed E-state index contributed by atoms with van der Waals surface area (Å²) >= 11 is 0. The Morgan fingerprint density at radius 2 is 1.67 bits per heavy atom. The van der Waals surface area contributed by atoms with Crippen molar-refractivity contribution < 1.29 is 22.4 Å². The molecule has 0 radical (unpaired) electrons. The van der Waals surface area contributed by atoms with E-state index in [1.165, 1.54) is 5.01 Å². The van der Waals surface area contributed by atoms with Crippen LogP contribution in [0.2, 0.25) is 0 Å². The molecular formula is CHAgN3O-. The fourth-order valence-electron chi connectivity index (χ4n) is 0. The van der Waals surface area contributed by atoms with Crippen molar-refractivity contribution in [3.63, 3.8) is 0 Å². The van der Waals surface area contributed by atoms with Crippen LogP contribution in [0.25, 0.3) is 10.5 Å². The molecule has 5 heteroatoms. The van der Waals surface area contributed by atoms with Crippen molar-refractivity contribution in [1.82, 2.24) is 0 Å². The molecule has 1 N–H and O–H groups in total. The van der Waals surface area contributed by atoms with Gasteiger partial charge in [0, 0.05) is 0 Å². The third-order valence-electron chi connectivity index (χ3n) is 0. The van der Waals surface area contributed by atoms with Crippen molar-refractivity contribution in [3.05, 3.63) is 22.3 Å². The third kappa shape index (κ3) is 184. The van der Waals surface area contributed by atoms with E-state index >= 15 is 0 Å². The van der Waals surface area contributed by atoms with Gasteiger partial charge in [-0.3, -0.25) is 5.01 Å². The van der Waals surface area contributed by atoms with Gasteiger partial charge in [0.15, 0.2) is 0 Å². The van der Waals surface area contributed by atoms with Gasteiger partial charge in [-0.1, -0.05) is 0 Å². The second-order valence-corrected chi connectivity index (χ2v) is 0.0913. The first-order chi connectivity index (χ1) is 2.41. The van der Waals surface area contributed by atoms with Gasteiger partial charge < -0.3 is 16.3 Å². The summed E-state index contributed by atoms with van der Waals surface area (Å²) in [5, 5.41) is 9.72. The summed E-state index contributed by atoms with van der Waals surface area (Å²) in [4.78, 5) is 0. The zero-order valence-corrected chi connectivity index (χ0v) is 4.09. The Bertz CT molecular complexity index is 40.5. The first-order valence-electron chi connectivity index (χ1n) is 0.630. The molecule has 0 aliphatic heterocycles. The molecule has 0 rings (SSSR count). The molecule has 0 unspecified atom stereocenters. The molecule has 0 aromatic heterocycles. The maximum absolute atomic E-state index is 8.22. The van der Waals surface area contributed by atoms with Crippen LogP contribution in [0.3, 0.4) is 0 Å². The van der Waals surface area contributed by atoms with E-state index < -0.39 is 0 Å². The summed E-state index contributed by atoms with van der Waals surface area (Å²) in [6.07, 6.45) is 0. The quantitative estimate of drug-likeness (QED) is 0.256. The monoisotopic (exact) mass is 178 g/mol. The Labute approximate surface area is 50.8 Å². The van der Waals surface area contributed by atoms with Crippen molar-refractivity contribution >= 4 is 0 Å². The van der Waals surface area contributed by atoms with E-state index in [4.69, 9.17) is 22.8 Å². The molecule has 0 saturated heterocycles. The minimum absolute atomic E-state index is 0. The topological polar surface area (TPSA) is 73.6 Å². The van der Waals surface area contributed by atoms with E-state index in [1.54, 1.807) is 0 Å². The van der Waals surface area contributed by atoms with Crippen LogP contribution in [-0.4, -0.2) is 0 Å². The predicted molar refractivity (Wildman–Crippen MR) is 16.0 cm³/mol. The van der Waals surface area contributed by atoms with Crippen molar-refractivity contribution in [2.24, 2.45) is 0 Å². The van der Waals surface area contributed by atoms with Crippen molar-refractivity contribution in [1.29, 1.82) is 5.53 Å². The minimum Gasteiger partial charge on any atom is -0.715 e. The average Bonchev–Trinajstić information content (AvgIpc) is 1.46. The van der Waals surface area contributed by atoms with Gasteiger partial charge in [0.25, 0.3) is 0 Å². The Hall–Kier alpha value is -0.370. The Balaban J connectivity index is -0.0000000275. The number of rotatable bonds is 0. The van der Waals surface area contributed by atoms with Crippen LogP contribution in [0, 0.1) is 17.3 Å². The second kappa shape index (κ2) is 154. The first kappa shape index (κ1) is 17.4. The largest absolute Gasteiger partial charge is 1.00 e. The average molecular weight is 179 g/mol. The Morgan fingerprint density at radius 3 is 1.67 bits per heavy atom. The summed E-state index contributed by atoms with van der Waals surface area (Å²) in [7, 11) is 0. The molecule has 0 fully saturated rings. The summed E-state index contributed by atoms with van der Waals surface area (Å²) < 4.78 is 0. The maximum atomic E-state index is 8.22. The molecule has 0 heterocycles. The van der Waals surface area contributed by atoms with Crippen LogP contribution < -0.4 is 0 Å². The number of hydrogen-bond acceptors (Lipinski definition) is 2. The summed E-state index contributed by atoms with van der Waals surface area (Å²) in [6.45, 7) is 5.28. The minimum atomic E-state index is 0. The standard InChI is InChI=1S/CNO.Ag.HN2/c1-2-3;;1-2/h;;1H/q-1;+1;-1. The van der Waals surface area contributed by atoms with Gasteiger partial charge in [-0.2, -0.15) is 0 Å². The van der Waals surface area contributed by atoms with Crippen LogP contribution in [0.15, 0.2) is 0 Å². The first-order valence-corrected chi connectivity index (χ1v) is 0.630. The molecule has 0 saturated carbocycles. The summed E-state index contributed by atoms with van der Waals surface area (Å²) in [6, 6.07) is 0. The molecule has 0 aromatic carbocycles. The molecule has 0 bridgehead atoms. The number of nitrogens with zero attached hydrogens (tertiary/aromatic N) is 2. The molecule has 38 valence electrons. The van der Waals surface area contributed by atoms with Gasteiger partial charge in [0.05, 0.1) is 0 Å². The van der Waals surface area contributed by atoms with Crippen molar-refractivity contribution in [2.75, 3.05) is 0 Å². The molecular weight excluding hydrogens is 178 g/mol. The Kier molecular flexibility index (Phi) is 447. The van der Waals surface area contributed by atoms with Crippen LogP contribution in [0.4, 0.5) is 0 Å². The second-order valence-electron chi connectivity index (χ2n) is 0.0913. The van der Waals surface area contributed by atoms with Gasteiger partial charge in [0.1, 0.15) is 0 Å².